The number of rotatable bonds is 5. The predicted octanol–water partition coefficient (Wildman–Crippen LogP) is 0.0606. The molecular formula is C12H25N3O3S. The molecule has 2 unspecified atom stereocenters. The molecule has 0 saturated carbocycles. The van der Waals surface area contributed by atoms with Gasteiger partial charge in [-0.25, -0.2) is 9.86 Å². The Hall–Kier alpha value is -0.210. The van der Waals surface area contributed by atoms with Gasteiger partial charge < -0.3 is 9.64 Å². The van der Waals surface area contributed by atoms with E-state index in [1.165, 1.54) is 12.8 Å². The largest absolute Gasteiger partial charge is 0.377 e. The van der Waals surface area contributed by atoms with E-state index < -0.39 is 10.2 Å². The molecule has 0 aliphatic carbocycles. The first-order valence-corrected chi connectivity index (χ1v) is 8.69. The van der Waals surface area contributed by atoms with Gasteiger partial charge in [0.05, 0.1) is 6.10 Å². The molecule has 3 N–H and O–H groups in total. The molecule has 0 spiro atoms. The van der Waals surface area contributed by atoms with Crippen molar-refractivity contribution < 1.29 is 13.2 Å². The summed E-state index contributed by atoms with van der Waals surface area (Å²) >= 11 is 0. The Bertz CT molecular complexity index is 368. The fourth-order valence-corrected chi connectivity index (χ4v) is 3.43. The molecule has 2 heterocycles. The minimum atomic E-state index is -3.56. The third-order valence-corrected chi connectivity index (χ3v) is 4.48. The van der Waals surface area contributed by atoms with Gasteiger partial charge in [-0.3, -0.25) is 0 Å². The summed E-state index contributed by atoms with van der Waals surface area (Å²) in [6.07, 6.45) is 6.12. The fourth-order valence-electron chi connectivity index (χ4n) is 2.96. The van der Waals surface area contributed by atoms with Gasteiger partial charge in [-0.15, -0.1) is 0 Å². The number of nitrogens with zero attached hydrogens (tertiary/aromatic N) is 1. The van der Waals surface area contributed by atoms with Gasteiger partial charge >= 0.3 is 0 Å². The fraction of sp³-hybridized carbons (Fsp3) is 1.00. The van der Waals surface area contributed by atoms with E-state index in [0.29, 0.717) is 18.6 Å². The van der Waals surface area contributed by atoms with Gasteiger partial charge in [0.15, 0.2) is 0 Å². The lowest BCUT2D eigenvalue weighted by Gasteiger charge is -2.35. The van der Waals surface area contributed by atoms with E-state index in [2.05, 4.69) is 9.62 Å². The third kappa shape index (κ3) is 5.74. The molecule has 0 amide bonds. The highest BCUT2D eigenvalue weighted by atomic mass is 32.2. The van der Waals surface area contributed by atoms with E-state index >= 15 is 0 Å². The summed E-state index contributed by atoms with van der Waals surface area (Å²) < 4.78 is 30.0. The summed E-state index contributed by atoms with van der Waals surface area (Å²) in [7, 11) is -3.56. The summed E-state index contributed by atoms with van der Waals surface area (Å²) in [4.78, 5) is 2.40. The highest BCUT2D eigenvalue weighted by Gasteiger charge is 2.24. The molecule has 19 heavy (non-hydrogen) atoms. The van der Waals surface area contributed by atoms with E-state index in [-0.39, 0.29) is 0 Å². The lowest BCUT2D eigenvalue weighted by molar-refractivity contribution is -0.0125. The summed E-state index contributed by atoms with van der Waals surface area (Å²) in [5, 5.41) is 4.96. The van der Waals surface area contributed by atoms with Crippen molar-refractivity contribution >= 4 is 10.2 Å². The first-order valence-electron chi connectivity index (χ1n) is 7.14. The molecule has 0 aromatic heterocycles. The van der Waals surface area contributed by atoms with Crippen LogP contribution >= 0.6 is 0 Å². The predicted molar refractivity (Wildman–Crippen MR) is 73.9 cm³/mol. The first kappa shape index (κ1) is 15.2. The molecule has 0 radical (unpaired) electrons. The molecule has 0 aromatic carbocycles. The monoisotopic (exact) mass is 291 g/mol. The van der Waals surface area contributed by atoms with Gasteiger partial charge in [-0.05, 0) is 44.6 Å². The van der Waals surface area contributed by atoms with E-state index in [1.807, 2.05) is 0 Å². The Morgan fingerprint density at radius 2 is 2.11 bits per heavy atom. The van der Waals surface area contributed by atoms with Crippen LogP contribution in [0.1, 0.15) is 32.1 Å². The highest BCUT2D eigenvalue weighted by Crippen LogP contribution is 2.19. The SMILES string of the molecule is NS(=O)(=O)NCC1CCCN(CC2CCCCO2)C1. The summed E-state index contributed by atoms with van der Waals surface area (Å²) in [6.45, 7) is 4.33. The molecular weight excluding hydrogens is 266 g/mol. The minimum Gasteiger partial charge on any atom is -0.377 e. The molecule has 6 nitrogen and oxygen atoms in total. The molecule has 112 valence electrons. The smallest absolute Gasteiger partial charge is 0.274 e. The third-order valence-electron chi connectivity index (χ3n) is 3.91. The van der Waals surface area contributed by atoms with Crippen LogP contribution in [0.3, 0.4) is 0 Å². The summed E-state index contributed by atoms with van der Waals surface area (Å²) in [6, 6.07) is 0. The van der Waals surface area contributed by atoms with Crippen molar-refractivity contribution in [1.82, 2.24) is 9.62 Å². The average molecular weight is 291 g/mol. The van der Waals surface area contributed by atoms with Gasteiger partial charge in [0.25, 0.3) is 10.2 Å². The second kappa shape index (κ2) is 6.99. The quantitative estimate of drug-likeness (QED) is 0.750. The van der Waals surface area contributed by atoms with Gasteiger partial charge in [-0.2, -0.15) is 8.42 Å². The Balaban J connectivity index is 1.73. The minimum absolute atomic E-state index is 0.357. The van der Waals surface area contributed by atoms with E-state index in [9.17, 15) is 8.42 Å². The Morgan fingerprint density at radius 1 is 1.26 bits per heavy atom. The van der Waals surface area contributed by atoms with Crippen LogP contribution in [0.4, 0.5) is 0 Å². The zero-order valence-corrected chi connectivity index (χ0v) is 12.2. The lowest BCUT2D eigenvalue weighted by Crippen LogP contribution is -2.45. The maximum Gasteiger partial charge on any atom is 0.274 e. The second-order valence-corrected chi connectivity index (χ2v) is 7.03. The van der Waals surface area contributed by atoms with E-state index in [1.54, 1.807) is 0 Å². The zero-order chi connectivity index (χ0) is 13.7. The average Bonchev–Trinajstić information content (AvgIpc) is 2.37. The van der Waals surface area contributed by atoms with Crippen LogP contribution in [0.2, 0.25) is 0 Å². The van der Waals surface area contributed by atoms with Crippen LogP contribution in [0.25, 0.3) is 0 Å². The summed E-state index contributed by atoms with van der Waals surface area (Å²) in [5.74, 6) is 0.357. The van der Waals surface area contributed by atoms with Crippen molar-refractivity contribution in [1.29, 1.82) is 0 Å². The van der Waals surface area contributed by atoms with E-state index in [0.717, 1.165) is 45.5 Å². The Labute approximate surface area is 115 Å². The molecule has 0 aromatic rings. The number of piperidine rings is 1. The molecule has 2 saturated heterocycles. The molecule has 2 aliphatic rings. The summed E-state index contributed by atoms with van der Waals surface area (Å²) in [5.41, 5.74) is 0. The number of nitrogens with two attached hydrogens (primary N) is 1. The van der Waals surface area contributed by atoms with Crippen molar-refractivity contribution in [3.05, 3.63) is 0 Å². The first-order chi connectivity index (χ1) is 9.03. The van der Waals surface area contributed by atoms with Crippen LogP contribution < -0.4 is 9.86 Å². The zero-order valence-electron chi connectivity index (χ0n) is 11.4. The number of hydrogen-bond donors (Lipinski definition) is 2. The number of nitrogens with one attached hydrogen (secondary N) is 1. The maximum atomic E-state index is 10.9. The number of likely N-dealkylation sites (tertiary alicyclic amines) is 1. The molecule has 2 aliphatic heterocycles. The lowest BCUT2D eigenvalue weighted by atomic mass is 9.97. The number of hydrogen-bond acceptors (Lipinski definition) is 4. The van der Waals surface area contributed by atoms with Crippen molar-refractivity contribution in [2.45, 2.75) is 38.2 Å². The Kier molecular flexibility index (Phi) is 5.58. The van der Waals surface area contributed by atoms with Crippen molar-refractivity contribution in [2.24, 2.45) is 11.1 Å². The Morgan fingerprint density at radius 3 is 2.79 bits per heavy atom. The second-order valence-electron chi connectivity index (χ2n) is 5.65. The van der Waals surface area contributed by atoms with Crippen LogP contribution in [0.15, 0.2) is 0 Å². The topological polar surface area (TPSA) is 84.7 Å². The van der Waals surface area contributed by atoms with Crippen molar-refractivity contribution in [3.8, 4) is 0 Å². The van der Waals surface area contributed by atoms with Crippen LogP contribution in [-0.2, 0) is 14.9 Å². The van der Waals surface area contributed by atoms with E-state index in [4.69, 9.17) is 9.88 Å². The van der Waals surface area contributed by atoms with Crippen molar-refractivity contribution in [2.75, 3.05) is 32.8 Å². The van der Waals surface area contributed by atoms with Crippen LogP contribution in [0, 0.1) is 5.92 Å². The highest BCUT2D eigenvalue weighted by molar-refractivity contribution is 7.87. The molecule has 2 atom stereocenters. The molecule has 2 fully saturated rings. The molecule has 7 heteroatoms. The molecule has 0 bridgehead atoms. The van der Waals surface area contributed by atoms with Crippen LogP contribution in [-0.4, -0.2) is 52.2 Å². The van der Waals surface area contributed by atoms with Gasteiger partial charge in [-0.1, -0.05) is 0 Å². The number of ether oxygens (including phenoxy) is 1. The normalized spacial score (nSPS) is 30.4. The van der Waals surface area contributed by atoms with Gasteiger partial charge in [0.2, 0.25) is 0 Å². The van der Waals surface area contributed by atoms with Crippen LogP contribution in [0.5, 0.6) is 0 Å². The van der Waals surface area contributed by atoms with Gasteiger partial charge in [0, 0.05) is 26.2 Å². The van der Waals surface area contributed by atoms with Gasteiger partial charge in [0.1, 0.15) is 0 Å². The van der Waals surface area contributed by atoms with Crippen molar-refractivity contribution in [3.63, 3.8) is 0 Å². The maximum absolute atomic E-state index is 10.9. The standard InChI is InChI=1S/C12H25N3O3S/c13-19(16,17)14-8-11-4-3-6-15(9-11)10-12-5-1-2-7-18-12/h11-12,14H,1-10H2,(H2,13,16,17). The molecule has 2 rings (SSSR count).